The Balaban J connectivity index is 1.37. The minimum atomic E-state index is -3.56. The number of halogens is 1. The molecular weight excluding hydrogens is 610 g/mol. The highest BCUT2D eigenvalue weighted by atomic mass is 35.5. The molecule has 1 fully saturated rings. The van der Waals surface area contributed by atoms with E-state index in [0.29, 0.717) is 22.8 Å². The summed E-state index contributed by atoms with van der Waals surface area (Å²) in [6.07, 6.45) is 2.21. The first-order valence-electron chi connectivity index (χ1n) is 14.8. The van der Waals surface area contributed by atoms with Crippen molar-refractivity contribution in [2.45, 2.75) is 55.8 Å². The molecule has 2 N–H and O–H groups in total. The van der Waals surface area contributed by atoms with Gasteiger partial charge in [-0.05, 0) is 77.9 Å². The summed E-state index contributed by atoms with van der Waals surface area (Å²) < 4.78 is 33.1. The molecule has 1 saturated carbocycles. The van der Waals surface area contributed by atoms with Gasteiger partial charge in [-0.2, -0.15) is 0 Å². The molecule has 0 aromatic heterocycles. The number of methoxy groups -OCH3 is 1. The van der Waals surface area contributed by atoms with Crippen LogP contribution in [0.15, 0.2) is 108 Å². The van der Waals surface area contributed by atoms with Crippen molar-refractivity contribution in [3.05, 3.63) is 130 Å². The second-order valence-electron chi connectivity index (χ2n) is 11.1. The van der Waals surface area contributed by atoms with Gasteiger partial charge >= 0.3 is 0 Å². The average Bonchev–Trinajstić information content (AvgIpc) is 3.87. The van der Waals surface area contributed by atoms with Crippen LogP contribution in [0.5, 0.6) is 5.75 Å². The molecule has 0 unspecified atom stereocenters. The molecule has 0 bridgehead atoms. The van der Waals surface area contributed by atoms with Crippen molar-refractivity contribution in [1.82, 2.24) is 14.9 Å². The summed E-state index contributed by atoms with van der Waals surface area (Å²) in [5, 5.41) is 3.62. The lowest BCUT2D eigenvalue weighted by Crippen LogP contribution is -2.43. The number of aryl methyl sites for hydroxylation is 1. The van der Waals surface area contributed by atoms with Crippen LogP contribution in [0, 0.1) is 0 Å². The first-order chi connectivity index (χ1) is 21.7. The van der Waals surface area contributed by atoms with E-state index in [1.807, 2.05) is 66.7 Å². The van der Waals surface area contributed by atoms with Crippen LogP contribution in [0.2, 0.25) is 5.02 Å². The van der Waals surface area contributed by atoms with Crippen LogP contribution in [0.3, 0.4) is 0 Å². The number of hydrogen-bond acceptors (Lipinski definition) is 5. The summed E-state index contributed by atoms with van der Waals surface area (Å²) in [5.41, 5.74) is 3.23. The van der Waals surface area contributed by atoms with E-state index in [4.69, 9.17) is 16.3 Å². The Labute approximate surface area is 269 Å². The fourth-order valence-corrected chi connectivity index (χ4v) is 6.40. The Morgan fingerprint density at radius 3 is 2.11 bits per heavy atom. The van der Waals surface area contributed by atoms with Crippen LogP contribution in [-0.4, -0.2) is 38.3 Å². The number of hydrogen-bond donors (Lipinski definition) is 2. The van der Waals surface area contributed by atoms with Gasteiger partial charge in [0.25, 0.3) is 0 Å². The van der Waals surface area contributed by atoms with E-state index in [9.17, 15) is 18.0 Å². The predicted molar refractivity (Wildman–Crippen MR) is 174 cm³/mol. The molecule has 1 aliphatic rings. The van der Waals surface area contributed by atoms with E-state index >= 15 is 0 Å². The van der Waals surface area contributed by atoms with Gasteiger partial charge in [-0.3, -0.25) is 9.59 Å². The second-order valence-corrected chi connectivity index (χ2v) is 13.2. The number of rotatable bonds is 14. The van der Waals surface area contributed by atoms with Crippen LogP contribution in [0.25, 0.3) is 0 Å². The largest absolute Gasteiger partial charge is 0.497 e. The van der Waals surface area contributed by atoms with Gasteiger partial charge in [0.2, 0.25) is 21.8 Å². The zero-order chi connectivity index (χ0) is 31.8. The second kappa shape index (κ2) is 14.7. The summed E-state index contributed by atoms with van der Waals surface area (Å²) in [6.45, 7) is 0.468. The van der Waals surface area contributed by atoms with E-state index in [-0.39, 0.29) is 42.3 Å². The number of nitrogens with zero attached hydrogens (tertiary/aromatic N) is 1. The van der Waals surface area contributed by atoms with Crippen molar-refractivity contribution in [3.8, 4) is 5.75 Å². The molecule has 5 rings (SSSR count). The fourth-order valence-electron chi connectivity index (χ4n) is 4.97. The van der Waals surface area contributed by atoms with Gasteiger partial charge in [0.1, 0.15) is 11.8 Å². The van der Waals surface area contributed by atoms with Crippen molar-refractivity contribution in [1.29, 1.82) is 0 Å². The standard InChI is InChI=1S/C35H36ClN3O5S/c1-44-31-18-9-27(10-19-31)24-39(33(40)22-13-25-11-20-32(21-12-25)45(42,43)38-30-16-17-30)34(28-5-3-2-4-6-28)35(41)37-23-26-7-14-29(36)15-8-26/h2-12,14-15,18-21,30,34,38H,13,16-17,22-24H2,1H3,(H,37,41)/t34-/m1/s1. The molecule has 0 heterocycles. The van der Waals surface area contributed by atoms with Gasteiger partial charge < -0.3 is 15.0 Å². The Hall–Kier alpha value is -4.18. The third-order valence-electron chi connectivity index (χ3n) is 7.65. The normalized spacial score (nSPS) is 13.6. The molecule has 2 amide bonds. The van der Waals surface area contributed by atoms with Crippen molar-refractivity contribution >= 4 is 33.4 Å². The molecule has 10 heteroatoms. The van der Waals surface area contributed by atoms with E-state index < -0.39 is 16.1 Å². The van der Waals surface area contributed by atoms with Crippen LogP contribution in [-0.2, 0) is 39.1 Å². The molecule has 4 aromatic carbocycles. The number of carbonyl (C=O) groups excluding carboxylic acids is 2. The Morgan fingerprint density at radius 1 is 0.867 bits per heavy atom. The molecule has 0 aliphatic heterocycles. The molecule has 1 aliphatic carbocycles. The number of amides is 2. The van der Waals surface area contributed by atoms with Gasteiger partial charge in [0.05, 0.1) is 12.0 Å². The molecular formula is C35H36ClN3O5S. The Morgan fingerprint density at radius 2 is 1.49 bits per heavy atom. The quantitative estimate of drug-likeness (QED) is 0.180. The molecule has 234 valence electrons. The topological polar surface area (TPSA) is 105 Å². The van der Waals surface area contributed by atoms with Crippen LogP contribution < -0.4 is 14.8 Å². The van der Waals surface area contributed by atoms with Crippen molar-refractivity contribution < 1.29 is 22.7 Å². The summed E-state index contributed by atoms with van der Waals surface area (Å²) in [5.74, 6) is 0.166. The third kappa shape index (κ3) is 8.94. The molecule has 1 atom stereocenters. The zero-order valence-electron chi connectivity index (χ0n) is 25.0. The monoisotopic (exact) mass is 645 g/mol. The van der Waals surface area contributed by atoms with E-state index in [2.05, 4.69) is 10.0 Å². The highest BCUT2D eigenvalue weighted by molar-refractivity contribution is 7.89. The highest BCUT2D eigenvalue weighted by Crippen LogP contribution is 2.27. The number of nitrogens with one attached hydrogen (secondary N) is 2. The molecule has 0 radical (unpaired) electrons. The van der Waals surface area contributed by atoms with Crippen molar-refractivity contribution in [2.24, 2.45) is 0 Å². The molecule has 45 heavy (non-hydrogen) atoms. The maximum atomic E-state index is 14.0. The summed E-state index contributed by atoms with van der Waals surface area (Å²) >= 11 is 6.03. The summed E-state index contributed by atoms with van der Waals surface area (Å²) in [7, 11) is -1.97. The van der Waals surface area contributed by atoms with E-state index in [1.165, 1.54) is 0 Å². The van der Waals surface area contributed by atoms with Crippen LogP contribution in [0.1, 0.15) is 47.6 Å². The number of sulfonamides is 1. The summed E-state index contributed by atoms with van der Waals surface area (Å²) in [4.78, 5) is 29.7. The Bertz CT molecular complexity index is 1690. The minimum absolute atomic E-state index is 0.0185. The average molecular weight is 646 g/mol. The maximum absolute atomic E-state index is 14.0. The lowest BCUT2D eigenvalue weighted by Gasteiger charge is -2.32. The SMILES string of the molecule is COc1ccc(CN(C(=O)CCc2ccc(S(=O)(=O)NC3CC3)cc2)[C@@H](C(=O)NCc2ccc(Cl)cc2)c2ccccc2)cc1. The smallest absolute Gasteiger partial charge is 0.247 e. The molecule has 0 saturated heterocycles. The van der Waals surface area contributed by atoms with Gasteiger partial charge in [-0.25, -0.2) is 13.1 Å². The number of benzene rings is 4. The van der Waals surface area contributed by atoms with E-state index in [0.717, 1.165) is 29.5 Å². The van der Waals surface area contributed by atoms with Gasteiger partial charge in [-0.15, -0.1) is 0 Å². The maximum Gasteiger partial charge on any atom is 0.247 e. The van der Waals surface area contributed by atoms with Crippen LogP contribution in [0.4, 0.5) is 0 Å². The van der Waals surface area contributed by atoms with E-state index in [1.54, 1.807) is 48.4 Å². The Kier molecular flexibility index (Phi) is 10.5. The van der Waals surface area contributed by atoms with Crippen molar-refractivity contribution in [2.75, 3.05) is 7.11 Å². The van der Waals surface area contributed by atoms with Crippen molar-refractivity contribution in [3.63, 3.8) is 0 Å². The molecule has 4 aromatic rings. The first kappa shape index (κ1) is 32.2. The molecule has 0 spiro atoms. The minimum Gasteiger partial charge on any atom is -0.497 e. The first-order valence-corrected chi connectivity index (χ1v) is 16.7. The van der Waals surface area contributed by atoms with Gasteiger partial charge in [0.15, 0.2) is 0 Å². The van der Waals surface area contributed by atoms with Gasteiger partial charge in [0, 0.05) is 30.6 Å². The lowest BCUT2D eigenvalue weighted by molar-refractivity contribution is -0.141. The predicted octanol–water partition coefficient (Wildman–Crippen LogP) is 5.81. The lowest BCUT2D eigenvalue weighted by atomic mass is 10.0. The fraction of sp³-hybridized carbons (Fsp3) is 0.257. The van der Waals surface area contributed by atoms with Crippen LogP contribution >= 0.6 is 11.6 Å². The summed E-state index contributed by atoms with van der Waals surface area (Å²) in [6, 6.07) is 29.6. The number of ether oxygens (including phenoxy) is 1. The zero-order valence-corrected chi connectivity index (χ0v) is 26.6. The number of carbonyl (C=O) groups is 2. The molecule has 8 nitrogen and oxygen atoms in total. The third-order valence-corrected chi connectivity index (χ3v) is 9.44. The highest BCUT2D eigenvalue weighted by Gasteiger charge is 2.32. The van der Waals surface area contributed by atoms with Gasteiger partial charge in [-0.1, -0.05) is 78.3 Å².